The van der Waals surface area contributed by atoms with E-state index in [0.717, 1.165) is 35.0 Å². The van der Waals surface area contributed by atoms with Gasteiger partial charge in [0.2, 0.25) is 5.91 Å². The van der Waals surface area contributed by atoms with Crippen molar-refractivity contribution in [3.05, 3.63) is 64.1 Å². The smallest absolute Gasteiger partial charge is 0.307 e. The number of likely N-dealkylation sites (tertiary alicyclic amines) is 1. The number of rotatable bonds is 4. The standard InChI is InChI=1S/C24H29N5O3/c1-15-8-9-19(16(2)14-15)25-23(31)27-22(30)17(3)28-12-10-18(11-13-28)29-21-7-5-4-6-20(21)26-24(29)32/h4-9,14,17-18H,10-13H2,1-3H3,(H,26,32)(H2,25,27,30,31). The lowest BCUT2D eigenvalue weighted by atomic mass is 10.0. The summed E-state index contributed by atoms with van der Waals surface area (Å²) in [7, 11) is 0. The van der Waals surface area contributed by atoms with Crippen LogP contribution in [0.5, 0.6) is 0 Å². The molecular weight excluding hydrogens is 406 g/mol. The summed E-state index contributed by atoms with van der Waals surface area (Å²) in [6.07, 6.45) is 1.52. The maximum Gasteiger partial charge on any atom is 0.326 e. The van der Waals surface area contributed by atoms with Gasteiger partial charge in [0, 0.05) is 24.8 Å². The van der Waals surface area contributed by atoms with Crippen LogP contribution in [0.4, 0.5) is 10.5 Å². The van der Waals surface area contributed by atoms with Crippen molar-refractivity contribution >= 4 is 28.7 Å². The SMILES string of the molecule is Cc1ccc(NC(=O)NC(=O)C(C)N2CCC(n3c(=O)[nH]c4ccccc43)CC2)c(C)c1. The van der Waals surface area contributed by atoms with Crippen LogP contribution < -0.4 is 16.3 Å². The zero-order valence-electron chi connectivity index (χ0n) is 18.6. The van der Waals surface area contributed by atoms with Crippen LogP contribution in [0.1, 0.15) is 36.9 Å². The molecule has 168 valence electrons. The van der Waals surface area contributed by atoms with Crippen LogP contribution in [0.15, 0.2) is 47.3 Å². The first-order valence-electron chi connectivity index (χ1n) is 11.0. The first-order valence-corrected chi connectivity index (χ1v) is 11.0. The lowest BCUT2D eigenvalue weighted by Gasteiger charge is -2.35. The predicted molar refractivity (Wildman–Crippen MR) is 125 cm³/mol. The molecule has 0 spiro atoms. The van der Waals surface area contributed by atoms with Crippen LogP contribution in [-0.4, -0.2) is 45.5 Å². The molecule has 4 rings (SSSR count). The highest BCUT2D eigenvalue weighted by atomic mass is 16.2. The van der Waals surface area contributed by atoms with Crippen LogP contribution in [0.25, 0.3) is 11.0 Å². The zero-order chi connectivity index (χ0) is 22.8. The average molecular weight is 436 g/mol. The predicted octanol–water partition coefficient (Wildman–Crippen LogP) is 3.32. The Morgan fingerprint density at radius 1 is 1.09 bits per heavy atom. The summed E-state index contributed by atoms with van der Waals surface area (Å²) in [6, 6.07) is 12.5. The van der Waals surface area contributed by atoms with Crippen molar-refractivity contribution in [2.45, 2.75) is 45.7 Å². The molecular formula is C24H29N5O3. The number of imidazole rings is 1. The van der Waals surface area contributed by atoms with Crippen LogP contribution >= 0.6 is 0 Å². The number of aromatic nitrogens is 2. The quantitative estimate of drug-likeness (QED) is 0.585. The summed E-state index contributed by atoms with van der Waals surface area (Å²) < 4.78 is 1.83. The molecule has 0 radical (unpaired) electrons. The van der Waals surface area contributed by atoms with E-state index in [2.05, 4.69) is 20.5 Å². The summed E-state index contributed by atoms with van der Waals surface area (Å²) in [5.41, 5.74) is 4.37. The van der Waals surface area contributed by atoms with Crippen molar-refractivity contribution in [1.29, 1.82) is 0 Å². The van der Waals surface area contributed by atoms with E-state index in [4.69, 9.17) is 0 Å². The fourth-order valence-electron chi connectivity index (χ4n) is 4.46. The largest absolute Gasteiger partial charge is 0.326 e. The Morgan fingerprint density at radius 2 is 1.81 bits per heavy atom. The van der Waals surface area contributed by atoms with Gasteiger partial charge in [-0.25, -0.2) is 9.59 Å². The van der Waals surface area contributed by atoms with Gasteiger partial charge in [0.25, 0.3) is 0 Å². The number of aryl methyl sites for hydroxylation is 2. The number of nitrogens with one attached hydrogen (secondary N) is 3. The van der Waals surface area contributed by atoms with Crippen molar-refractivity contribution in [1.82, 2.24) is 19.8 Å². The zero-order valence-corrected chi connectivity index (χ0v) is 18.6. The monoisotopic (exact) mass is 435 g/mol. The minimum Gasteiger partial charge on any atom is -0.307 e. The van der Waals surface area contributed by atoms with Gasteiger partial charge in [-0.05, 0) is 57.4 Å². The minimum atomic E-state index is -0.533. The molecule has 8 nitrogen and oxygen atoms in total. The highest BCUT2D eigenvalue weighted by Crippen LogP contribution is 2.25. The van der Waals surface area contributed by atoms with Gasteiger partial charge in [-0.2, -0.15) is 0 Å². The lowest BCUT2D eigenvalue weighted by Crippen LogP contribution is -2.50. The Labute approximate surface area is 186 Å². The lowest BCUT2D eigenvalue weighted by molar-refractivity contribution is -0.125. The summed E-state index contributed by atoms with van der Waals surface area (Å²) in [5.74, 6) is -0.338. The molecule has 0 aliphatic carbocycles. The Bertz CT molecular complexity index is 1200. The number of carbonyl (C=O) groups excluding carboxylic acids is 2. The second-order valence-corrected chi connectivity index (χ2v) is 8.52. The maximum absolute atomic E-state index is 12.6. The van der Waals surface area contributed by atoms with Crippen molar-refractivity contribution < 1.29 is 9.59 Å². The topological polar surface area (TPSA) is 99.2 Å². The molecule has 3 aromatic rings. The van der Waals surface area contributed by atoms with Crippen molar-refractivity contribution in [2.24, 2.45) is 0 Å². The van der Waals surface area contributed by atoms with Crippen molar-refractivity contribution in [3.8, 4) is 0 Å². The van der Waals surface area contributed by atoms with E-state index in [-0.39, 0.29) is 17.6 Å². The molecule has 1 aliphatic rings. The Kier molecular flexibility index (Phi) is 6.14. The highest BCUT2D eigenvalue weighted by molar-refractivity contribution is 6.03. The number of urea groups is 1. The number of para-hydroxylation sites is 2. The number of anilines is 1. The van der Waals surface area contributed by atoms with Crippen LogP contribution in [0.3, 0.4) is 0 Å². The highest BCUT2D eigenvalue weighted by Gasteiger charge is 2.29. The number of carbonyl (C=O) groups is 2. The van der Waals surface area contributed by atoms with E-state index >= 15 is 0 Å². The molecule has 1 aliphatic heterocycles. The maximum atomic E-state index is 12.6. The Morgan fingerprint density at radius 3 is 2.53 bits per heavy atom. The number of H-pyrrole nitrogens is 1. The normalized spacial score (nSPS) is 16.1. The van der Waals surface area contributed by atoms with E-state index in [1.807, 2.05) is 60.9 Å². The fraction of sp³-hybridized carbons (Fsp3) is 0.375. The van der Waals surface area contributed by atoms with Gasteiger partial charge in [0.15, 0.2) is 0 Å². The molecule has 3 amide bonds. The number of nitrogens with zero attached hydrogens (tertiary/aromatic N) is 2. The molecule has 2 aromatic carbocycles. The molecule has 0 saturated carbocycles. The molecule has 2 heterocycles. The second-order valence-electron chi connectivity index (χ2n) is 8.52. The number of aromatic amines is 1. The third-order valence-corrected chi connectivity index (χ3v) is 6.28. The van der Waals surface area contributed by atoms with Crippen molar-refractivity contribution in [2.75, 3.05) is 18.4 Å². The van der Waals surface area contributed by atoms with Gasteiger partial charge in [-0.3, -0.25) is 19.6 Å². The molecule has 8 heteroatoms. The van der Waals surface area contributed by atoms with Gasteiger partial charge in [-0.1, -0.05) is 29.8 Å². The number of piperidine rings is 1. The molecule has 1 saturated heterocycles. The van der Waals surface area contributed by atoms with Gasteiger partial charge in [-0.15, -0.1) is 0 Å². The fourth-order valence-corrected chi connectivity index (χ4v) is 4.46. The first kappa shape index (κ1) is 21.8. The van der Waals surface area contributed by atoms with Gasteiger partial charge >= 0.3 is 11.7 Å². The van der Waals surface area contributed by atoms with E-state index < -0.39 is 12.1 Å². The van der Waals surface area contributed by atoms with Crippen molar-refractivity contribution in [3.63, 3.8) is 0 Å². The van der Waals surface area contributed by atoms with Gasteiger partial charge in [0.05, 0.1) is 17.1 Å². The van der Waals surface area contributed by atoms with Gasteiger partial charge < -0.3 is 10.3 Å². The Hall–Kier alpha value is -3.39. The summed E-state index contributed by atoms with van der Waals surface area (Å²) in [6.45, 7) is 7.04. The molecule has 3 N–H and O–H groups in total. The van der Waals surface area contributed by atoms with E-state index in [0.29, 0.717) is 18.8 Å². The number of benzene rings is 2. The average Bonchev–Trinajstić information content (AvgIpc) is 3.11. The molecule has 0 bridgehead atoms. The molecule has 32 heavy (non-hydrogen) atoms. The van der Waals surface area contributed by atoms with Crippen LogP contribution in [0.2, 0.25) is 0 Å². The molecule has 1 fully saturated rings. The number of amides is 3. The number of imide groups is 1. The van der Waals surface area contributed by atoms with Crippen LogP contribution in [-0.2, 0) is 4.79 Å². The van der Waals surface area contributed by atoms with E-state index in [9.17, 15) is 14.4 Å². The first-order chi connectivity index (χ1) is 15.3. The molecule has 1 atom stereocenters. The summed E-state index contributed by atoms with van der Waals surface area (Å²) >= 11 is 0. The van der Waals surface area contributed by atoms with Gasteiger partial charge in [0.1, 0.15) is 0 Å². The van der Waals surface area contributed by atoms with E-state index in [1.54, 1.807) is 6.92 Å². The Balaban J connectivity index is 1.34. The third kappa shape index (κ3) is 4.45. The summed E-state index contributed by atoms with van der Waals surface area (Å²) in [4.78, 5) is 42.4. The molecule has 1 unspecified atom stereocenters. The molecule has 1 aromatic heterocycles. The number of hydrogen-bond acceptors (Lipinski definition) is 4. The van der Waals surface area contributed by atoms with E-state index in [1.165, 1.54) is 0 Å². The minimum absolute atomic E-state index is 0.0815. The number of fused-ring (bicyclic) bond motifs is 1. The third-order valence-electron chi connectivity index (χ3n) is 6.28. The van der Waals surface area contributed by atoms with Crippen LogP contribution in [0, 0.1) is 13.8 Å². The second kappa shape index (κ2) is 9.00. The summed E-state index contributed by atoms with van der Waals surface area (Å²) in [5, 5.41) is 5.19. The number of hydrogen-bond donors (Lipinski definition) is 3.